The number of sulfonamides is 1. The first kappa shape index (κ1) is 21.0. The Kier molecular flexibility index (Phi) is 7.01. The second-order valence-corrected chi connectivity index (χ2v) is 7.97. The van der Waals surface area contributed by atoms with Gasteiger partial charge in [0.2, 0.25) is 0 Å². The van der Waals surface area contributed by atoms with Gasteiger partial charge in [-0.2, -0.15) is 0 Å². The molecular formula is C19H25NO6S. The van der Waals surface area contributed by atoms with Crippen molar-refractivity contribution in [2.45, 2.75) is 51.0 Å². The fourth-order valence-electron chi connectivity index (χ4n) is 2.96. The molecule has 0 spiro atoms. The molecule has 0 N–H and O–H groups in total. The highest BCUT2D eigenvalue weighted by molar-refractivity contribution is 7.89. The Hall–Kier alpha value is -2.35. The van der Waals surface area contributed by atoms with Gasteiger partial charge in [-0.1, -0.05) is 31.5 Å². The minimum absolute atomic E-state index is 0.132. The van der Waals surface area contributed by atoms with E-state index in [0.29, 0.717) is 17.7 Å². The smallest absolute Gasteiger partial charge is 0.332 e. The number of unbranched alkanes of at least 4 members (excludes halogenated alkanes) is 1. The number of nitrogens with zero attached hydrogens (tertiary/aromatic N) is 1. The van der Waals surface area contributed by atoms with Gasteiger partial charge in [0.1, 0.15) is 0 Å². The number of benzene rings is 1. The Morgan fingerprint density at radius 3 is 2.63 bits per heavy atom. The molecule has 1 unspecified atom stereocenters. The Morgan fingerprint density at radius 2 is 1.96 bits per heavy atom. The molecule has 1 aromatic carbocycles. The fourth-order valence-corrected chi connectivity index (χ4v) is 4.89. The van der Waals surface area contributed by atoms with Gasteiger partial charge >= 0.3 is 11.9 Å². The van der Waals surface area contributed by atoms with Crippen molar-refractivity contribution in [3.05, 3.63) is 41.6 Å². The molecule has 0 radical (unpaired) electrons. The van der Waals surface area contributed by atoms with E-state index >= 15 is 0 Å². The molecule has 1 aliphatic rings. The van der Waals surface area contributed by atoms with Crippen molar-refractivity contribution in [3.8, 4) is 0 Å². The summed E-state index contributed by atoms with van der Waals surface area (Å²) in [6, 6.07) is 4.37. The van der Waals surface area contributed by atoms with Gasteiger partial charge in [0.15, 0.2) is 0 Å². The Labute approximate surface area is 160 Å². The minimum Gasteiger partial charge on any atom is -0.466 e. The van der Waals surface area contributed by atoms with Gasteiger partial charge in [0, 0.05) is 12.3 Å². The first-order valence-electron chi connectivity index (χ1n) is 8.96. The monoisotopic (exact) mass is 395 g/mol. The highest BCUT2D eigenvalue weighted by atomic mass is 32.2. The molecule has 0 saturated carbocycles. The van der Waals surface area contributed by atoms with Crippen LogP contribution in [0.15, 0.2) is 35.4 Å². The molecule has 0 aliphatic carbocycles. The maximum Gasteiger partial charge on any atom is 0.332 e. The number of rotatable bonds is 8. The minimum atomic E-state index is -3.88. The lowest BCUT2D eigenvalue weighted by atomic mass is 10.0. The van der Waals surface area contributed by atoms with Crippen molar-refractivity contribution in [1.29, 1.82) is 0 Å². The Morgan fingerprint density at radius 1 is 1.22 bits per heavy atom. The van der Waals surface area contributed by atoms with Crippen LogP contribution in [0.1, 0.15) is 50.3 Å². The van der Waals surface area contributed by atoms with Crippen molar-refractivity contribution in [1.82, 2.24) is 4.31 Å². The van der Waals surface area contributed by atoms with Crippen LogP contribution in [0.25, 0.3) is 0 Å². The van der Waals surface area contributed by atoms with E-state index < -0.39 is 28.0 Å². The van der Waals surface area contributed by atoms with Crippen molar-refractivity contribution in [2.24, 2.45) is 0 Å². The summed E-state index contributed by atoms with van der Waals surface area (Å²) in [7, 11) is -3.88. The average molecular weight is 395 g/mol. The standard InChI is InChI=1S/C19H25NO6S/c1-4-6-12-26-18(22)13-16-15-9-7-8-14(3)19(15)27(23,24)20(16)11-10-17(21)25-5-2/h7-11,16H,4-6,12-13H2,1-3H3/b11-10-. The highest BCUT2D eigenvalue weighted by Gasteiger charge is 2.43. The van der Waals surface area contributed by atoms with Gasteiger partial charge in [-0.15, -0.1) is 0 Å². The SMILES string of the molecule is CCCCOC(=O)CC1c2cccc(C)c2S(=O)(=O)N1/C=C\C(=O)OCC. The summed E-state index contributed by atoms with van der Waals surface area (Å²) in [6.45, 7) is 5.83. The predicted molar refractivity (Wildman–Crippen MR) is 99.2 cm³/mol. The van der Waals surface area contributed by atoms with Gasteiger partial charge in [0.25, 0.3) is 10.0 Å². The quantitative estimate of drug-likeness (QED) is 0.382. The number of esters is 2. The van der Waals surface area contributed by atoms with Crippen LogP contribution in [0.5, 0.6) is 0 Å². The largest absolute Gasteiger partial charge is 0.466 e. The van der Waals surface area contributed by atoms with Crippen LogP contribution in [0.3, 0.4) is 0 Å². The summed E-state index contributed by atoms with van der Waals surface area (Å²) >= 11 is 0. The molecular weight excluding hydrogens is 370 g/mol. The van der Waals surface area contributed by atoms with Gasteiger partial charge in [-0.3, -0.25) is 9.10 Å². The molecule has 2 rings (SSSR count). The van der Waals surface area contributed by atoms with Crippen LogP contribution in [0, 0.1) is 6.92 Å². The second kappa shape index (κ2) is 9.03. The lowest BCUT2D eigenvalue weighted by Gasteiger charge is -2.21. The second-order valence-electron chi connectivity index (χ2n) is 6.19. The molecule has 1 atom stereocenters. The van der Waals surface area contributed by atoms with Crippen molar-refractivity contribution in [3.63, 3.8) is 0 Å². The lowest BCUT2D eigenvalue weighted by Crippen LogP contribution is -2.26. The van der Waals surface area contributed by atoms with E-state index in [1.54, 1.807) is 32.0 Å². The number of carbonyl (C=O) groups excluding carboxylic acids is 2. The molecule has 0 bridgehead atoms. The summed E-state index contributed by atoms with van der Waals surface area (Å²) in [5.74, 6) is -1.13. The van der Waals surface area contributed by atoms with Crippen LogP contribution in [-0.4, -0.2) is 37.9 Å². The van der Waals surface area contributed by atoms with E-state index in [9.17, 15) is 18.0 Å². The molecule has 0 fully saturated rings. The third-order valence-electron chi connectivity index (χ3n) is 4.21. The van der Waals surface area contributed by atoms with Crippen molar-refractivity contribution >= 4 is 22.0 Å². The van der Waals surface area contributed by atoms with E-state index in [1.807, 2.05) is 6.92 Å². The number of ether oxygens (including phenoxy) is 2. The van der Waals surface area contributed by atoms with Gasteiger partial charge < -0.3 is 9.47 Å². The normalized spacial score (nSPS) is 17.7. The van der Waals surface area contributed by atoms with E-state index in [-0.39, 0.29) is 17.9 Å². The zero-order valence-corrected chi connectivity index (χ0v) is 16.6. The average Bonchev–Trinajstić information content (AvgIpc) is 2.81. The summed E-state index contributed by atoms with van der Waals surface area (Å²) in [5.41, 5.74) is 1.11. The van der Waals surface area contributed by atoms with Crippen LogP contribution >= 0.6 is 0 Å². The first-order valence-corrected chi connectivity index (χ1v) is 10.4. The van der Waals surface area contributed by atoms with Gasteiger partial charge in [0.05, 0.1) is 30.6 Å². The third kappa shape index (κ3) is 4.68. The van der Waals surface area contributed by atoms with E-state index in [4.69, 9.17) is 9.47 Å². The van der Waals surface area contributed by atoms with Crippen LogP contribution in [0.2, 0.25) is 0 Å². The van der Waals surface area contributed by atoms with Crippen LogP contribution in [-0.2, 0) is 29.1 Å². The Bertz CT molecular complexity index is 831. The van der Waals surface area contributed by atoms with E-state index in [0.717, 1.165) is 29.4 Å². The fraction of sp³-hybridized carbons (Fsp3) is 0.474. The predicted octanol–water partition coefficient (Wildman–Crippen LogP) is 2.85. The molecule has 148 valence electrons. The molecule has 0 aromatic heterocycles. The highest BCUT2D eigenvalue weighted by Crippen LogP contribution is 2.43. The molecule has 1 aromatic rings. The van der Waals surface area contributed by atoms with E-state index in [1.165, 1.54) is 0 Å². The topological polar surface area (TPSA) is 90.0 Å². The summed E-state index contributed by atoms with van der Waals surface area (Å²) in [5, 5.41) is 0. The molecule has 27 heavy (non-hydrogen) atoms. The molecule has 1 aliphatic heterocycles. The first-order chi connectivity index (χ1) is 12.8. The van der Waals surface area contributed by atoms with Gasteiger partial charge in [-0.25, -0.2) is 13.2 Å². The Balaban J connectivity index is 2.35. The number of carbonyl (C=O) groups is 2. The van der Waals surface area contributed by atoms with Crippen molar-refractivity contribution < 1.29 is 27.5 Å². The molecule has 1 heterocycles. The lowest BCUT2D eigenvalue weighted by molar-refractivity contribution is -0.144. The van der Waals surface area contributed by atoms with Gasteiger partial charge in [-0.05, 0) is 31.4 Å². The molecule has 0 saturated heterocycles. The zero-order valence-electron chi connectivity index (χ0n) is 15.8. The summed E-state index contributed by atoms with van der Waals surface area (Å²) in [6.07, 6.45) is 3.72. The number of fused-ring (bicyclic) bond motifs is 1. The summed E-state index contributed by atoms with van der Waals surface area (Å²) < 4.78 is 37.0. The zero-order chi connectivity index (χ0) is 20.0. The molecule has 0 amide bonds. The molecule has 7 nitrogen and oxygen atoms in total. The van der Waals surface area contributed by atoms with E-state index in [2.05, 4.69) is 0 Å². The van der Waals surface area contributed by atoms with Crippen LogP contribution in [0.4, 0.5) is 0 Å². The third-order valence-corrected chi connectivity index (χ3v) is 6.21. The maximum absolute atomic E-state index is 13.0. The number of aryl methyl sites for hydroxylation is 1. The molecule has 8 heteroatoms. The summed E-state index contributed by atoms with van der Waals surface area (Å²) in [4.78, 5) is 24.0. The van der Waals surface area contributed by atoms with Crippen molar-refractivity contribution in [2.75, 3.05) is 13.2 Å². The number of hydrogen-bond acceptors (Lipinski definition) is 6. The van der Waals surface area contributed by atoms with Crippen LogP contribution < -0.4 is 0 Å². The number of hydrogen-bond donors (Lipinski definition) is 0. The maximum atomic E-state index is 13.0.